The number of carbonyl (C=O) groups excluding carboxylic acids is 3. The van der Waals surface area contributed by atoms with Gasteiger partial charge in [0, 0.05) is 18.5 Å². The quantitative estimate of drug-likeness (QED) is 0.567. The maximum atomic E-state index is 11.8. The topological polar surface area (TPSA) is 106 Å². The summed E-state index contributed by atoms with van der Waals surface area (Å²) in [5.74, 6) is -0.242. The summed E-state index contributed by atoms with van der Waals surface area (Å²) in [6.07, 6.45) is 0.0207. The van der Waals surface area contributed by atoms with Crippen LogP contribution >= 0.6 is 0 Å². The van der Waals surface area contributed by atoms with Crippen molar-refractivity contribution >= 4 is 17.7 Å². The Kier molecular flexibility index (Phi) is 8.32. The van der Waals surface area contributed by atoms with Gasteiger partial charge in [0.2, 0.25) is 5.91 Å². The Morgan fingerprint density at radius 1 is 0.821 bits per heavy atom. The molecule has 3 amide bonds. The summed E-state index contributed by atoms with van der Waals surface area (Å²) in [5.41, 5.74) is 5.04. The molecule has 0 aliphatic carbocycles. The number of ether oxygens (including phenoxy) is 2. The van der Waals surface area contributed by atoms with Crippen LogP contribution in [0.2, 0.25) is 0 Å². The van der Waals surface area contributed by atoms with Crippen LogP contribution in [0.5, 0.6) is 11.5 Å². The van der Waals surface area contributed by atoms with Gasteiger partial charge in [-0.3, -0.25) is 25.2 Å². The van der Waals surface area contributed by atoms with Gasteiger partial charge in [-0.2, -0.15) is 0 Å². The molecule has 0 saturated heterocycles. The summed E-state index contributed by atoms with van der Waals surface area (Å²) < 4.78 is 10.8. The lowest BCUT2D eigenvalue weighted by Gasteiger charge is -2.12. The zero-order chi connectivity index (χ0) is 20.2. The molecule has 3 N–H and O–H groups in total. The molecule has 2 aromatic carbocycles. The summed E-state index contributed by atoms with van der Waals surface area (Å²) in [6, 6.07) is 15.7. The van der Waals surface area contributed by atoms with Gasteiger partial charge in [0.25, 0.3) is 11.8 Å². The molecule has 0 atom stereocenters. The molecule has 2 aromatic rings. The third-order valence-corrected chi connectivity index (χ3v) is 3.52. The number of hydrogen-bond acceptors (Lipinski definition) is 5. The number of para-hydroxylation sites is 2. The van der Waals surface area contributed by atoms with E-state index >= 15 is 0 Å². The third-order valence-electron chi connectivity index (χ3n) is 3.52. The van der Waals surface area contributed by atoms with Crippen LogP contribution in [0.3, 0.4) is 0 Å². The molecular formula is C20H23N3O5. The van der Waals surface area contributed by atoms with Gasteiger partial charge in [0.1, 0.15) is 0 Å². The van der Waals surface area contributed by atoms with E-state index in [9.17, 15) is 14.4 Å². The molecule has 0 saturated carbocycles. The first kappa shape index (κ1) is 20.8. The monoisotopic (exact) mass is 385 g/mol. The van der Waals surface area contributed by atoms with E-state index in [4.69, 9.17) is 9.47 Å². The minimum Gasteiger partial charge on any atom is -0.490 e. The SMILES string of the molecule is CCOc1ccccc1OCC(=O)NNC(=O)CCNC(=O)c1ccccc1. The maximum absolute atomic E-state index is 11.8. The predicted molar refractivity (Wildman–Crippen MR) is 103 cm³/mol. The molecule has 0 unspecified atom stereocenters. The lowest BCUT2D eigenvalue weighted by molar-refractivity contribution is -0.130. The van der Waals surface area contributed by atoms with Crippen molar-refractivity contribution in [3.8, 4) is 11.5 Å². The fourth-order valence-corrected chi connectivity index (χ4v) is 2.21. The molecule has 0 aromatic heterocycles. The van der Waals surface area contributed by atoms with Crippen molar-refractivity contribution < 1.29 is 23.9 Å². The molecular weight excluding hydrogens is 362 g/mol. The van der Waals surface area contributed by atoms with Crippen LogP contribution in [0.4, 0.5) is 0 Å². The summed E-state index contributed by atoms with van der Waals surface area (Å²) in [4.78, 5) is 35.4. The average Bonchev–Trinajstić information content (AvgIpc) is 2.72. The van der Waals surface area contributed by atoms with E-state index < -0.39 is 11.8 Å². The van der Waals surface area contributed by atoms with E-state index in [1.54, 1.807) is 48.5 Å². The van der Waals surface area contributed by atoms with Crippen molar-refractivity contribution in [1.29, 1.82) is 0 Å². The molecule has 0 bridgehead atoms. The number of hydrogen-bond donors (Lipinski definition) is 3. The predicted octanol–water partition coefficient (Wildman–Crippen LogP) is 1.43. The first-order valence-electron chi connectivity index (χ1n) is 8.85. The fourth-order valence-electron chi connectivity index (χ4n) is 2.21. The second-order valence-electron chi connectivity index (χ2n) is 5.64. The number of nitrogens with one attached hydrogen (secondary N) is 3. The molecule has 8 heteroatoms. The summed E-state index contributed by atoms with van der Waals surface area (Å²) in [6.45, 7) is 2.19. The molecule has 0 aliphatic rings. The van der Waals surface area contributed by atoms with Gasteiger partial charge in [-0.15, -0.1) is 0 Å². The zero-order valence-corrected chi connectivity index (χ0v) is 15.6. The van der Waals surface area contributed by atoms with Crippen molar-refractivity contribution in [2.24, 2.45) is 0 Å². The first-order chi connectivity index (χ1) is 13.6. The molecule has 28 heavy (non-hydrogen) atoms. The molecule has 0 radical (unpaired) electrons. The van der Waals surface area contributed by atoms with Gasteiger partial charge in [0.15, 0.2) is 18.1 Å². The summed E-state index contributed by atoms with van der Waals surface area (Å²) >= 11 is 0. The van der Waals surface area contributed by atoms with Gasteiger partial charge >= 0.3 is 0 Å². The van der Waals surface area contributed by atoms with Crippen LogP contribution in [-0.2, 0) is 9.59 Å². The Hall–Kier alpha value is -3.55. The zero-order valence-electron chi connectivity index (χ0n) is 15.6. The van der Waals surface area contributed by atoms with Crippen LogP contribution in [0, 0.1) is 0 Å². The fraction of sp³-hybridized carbons (Fsp3) is 0.250. The lowest BCUT2D eigenvalue weighted by atomic mass is 10.2. The molecule has 2 rings (SSSR count). The minimum absolute atomic E-state index is 0.0207. The molecule has 8 nitrogen and oxygen atoms in total. The number of hydrazine groups is 1. The van der Waals surface area contributed by atoms with Crippen LogP contribution in [0.15, 0.2) is 54.6 Å². The summed E-state index contributed by atoms with van der Waals surface area (Å²) in [7, 11) is 0. The Labute approximate surface area is 163 Å². The minimum atomic E-state index is -0.520. The van der Waals surface area contributed by atoms with E-state index in [0.29, 0.717) is 23.7 Å². The third kappa shape index (κ3) is 6.99. The van der Waals surface area contributed by atoms with Gasteiger partial charge in [0.05, 0.1) is 6.61 Å². The van der Waals surface area contributed by atoms with Gasteiger partial charge in [-0.1, -0.05) is 30.3 Å². The molecule has 0 spiro atoms. The van der Waals surface area contributed by atoms with Gasteiger partial charge in [-0.25, -0.2) is 0 Å². The molecule has 0 heterocycles. The molecule has 148 valence electrons. The largest absolute Gasteiger partial charge is 0.490 e. The highest BCUT2D eigenvalue weighted by molar-refractivity contribution is 5.94. The average molecular weight is 385 g/mol. The van der Waals surface area contributed by atoms with E-state index in [2.05, 4.69) is 16.2 Å². The Bertz CT molecular complexity index is 795. The van der Waals surface area contributed by atoms with Crippen LogP contribution in [0.1, 0.15) is 23.7 Å². The number of amides is 3. The van der Waals surface area contributed by atoms with Gasteiger partial charge < -0.3 is 14.8 Å². The molecule has 0 fully saturated rings. The number of benzene rings is 2. The van der Waals surface area contributed by atoms with Gasteiger partial charge in [-0.05, 0) is 31.2 Å². The van der Waals surface area contributed by atoms with Crippen molar-refractivity contribution in [3.63, 3.8) is 0 Å². The normalized spacial score (nSPS) is 9.89. The highest BCUT2D eigenvalue weighted by atomic mass is 16.5. The Morgan fingerprint density at radius 2 is 1.43 bits per heavy atom. The number of rotatable bonds is 9. The highest BCUT2D eigenvalue weighted by Crippen LogP contribution is 2.26. The second-order valence-corrected chi connectivity index (χ2v) is 5.64. The number of carbonyl (C=O) groups is 3. The van der Waals surface area contributed by atoms with E-state index in [0.717, 1.165) is 0 Å². The Balaban J connectivity index is 1.64. The van der Waals surface area contributed by atoms with Crippen molar-refractivity contribution in [3.05, 3.63) is 60.2 Å². The van der Waals surface area contributed by atoms with Crippen LogP contribution in [0.25, 0.3) is 0 Å². The summed E-state index contributed by atoms with van der Waals surface area (Å²) in [5, 5.41) is 2.63. The highest BCUT2D eigenvalue weighted by Gasteiger charge is 2.09. The standard InChI is InChI=1S/C20H23N3O5/c1-2-27-16-10-6-7-11-17(16)28-14-19(25)23-22-18(24)12-13-21-20(26)15-8-4-3-5-9-15/h3-11H,2,12-14H2,1H3,(H,21,26)(H,22,24)(H,23,25). The second kappa shape index (κ2) is 11.2. The first-order valence-corrected chi connectivity index (χ1v) is 8.85. The Morgan fingerprint density at radius 3 is 2.11 bits per heavy atom. The van der Waals surface area contributed by atoms with Crippen molar-refractivity contribution in [2.45, 2.75) is 13.3 Å². The lowest BCUT2D eigenvalue weighted by Crippen LogP contribution is -2.44. The molecule has 0 aliphatic heterocycles. The van der Waals surface area contributed by atoms with E-state index in [1.807, 2.05) is 13.0 Å². The maximum Gasteiger partial charge on any atom is 0.276 e. The van der Waals surface area contributed by atoms with Crippen LogP contribution in [-0.4, -0.2) is 37.5 Å². The van der Waals surface area contributed by atoms with Crippen molar-refractivity contribution in [1.82, 2.24) is 16.2 Å². The smallest absolute Gasteiger partial charge is 0.276 e. The van der Waals surface area contributed by atoms with E-state index in [-0.39, 0.29) is 25.5 Å². The van der Waals surface area contributed by atoms with Crippen LogP contribution < -0.4 is 25.6 Å². The van der Waals surface area contributed by atoms with Crippen molar-refractivity contribution in [2.75, 3.05) is 19.8 Å². The van der Waals surface area contributed by atoms with E-state index in [1.165, 1.54) is 0 Å².